The molecule has 6 nitrogen and oxygen atoms in total. The minimum absolute atomic E-state index is 0.210. The van der Waals surface area contributed by atoms with Crippen molar-refractivity contribution in [3.05, 3.63) is 65.7 Å². The highest BCUT2D eigenvalue weighted by atomic mass is 32.2. The summed E-state index contributed by atoms with van der Waals surface area (Å²) in [4.78, 5) is 12.8. The van der Waals surface area contributed by atoms with Gasteiger partial charge in [0.05, 0.1) is 13.2 Å². The molecule has 2 saturated heterocycles. The highest BCUT2D eigenvalue weighted by molar-refractivity contribution is 7.99. The van der Waals surface area contributed by atoms with E-state index in [1.54, 1.807) is 0 Å². The number of benzene rings is 2. The minimum Gasteiger partial charge on any atom is -0.441 e. The van der Waals surface area contributed by atoms with Crippen molar-refractivity contribution in [1.82, 2.24) is 5.32 Å². The lowest BCUT2D eigenvalue weighted by Crippen LogP contribution is -2.58. The van der Waals surface area contributed by atoms with E-state index < -0.39 is 30.4 Å². The van der Waals surface area contributed by atoms with Crippen LogP contribution >= 0.6 is 11.8 Å². The number of carbonyl (C=O) groups excluding carboxylic acids is 1. The Kier molecular flexibility index (Phi) is 5.87. The Morgan fingerprint density at radius 2 is 1.89 bits per heavy atom. The van der Waals surface area contributed by atoms with E-state index in [4.69, 9.17) is 14.2 Å². The molecule has 0 radical (unpaired) electrons. The summed E-state index contributed by atoms with van der Waals surface area (Å²) in [5.74, 6) is 0. The number of aliphatic hydroxyl groups is 1. The van der Waals surface area contributed by atoms with E-state index in [9.17, 15) is 9.90 Å². The number of ether oxygens (including phenoxy) is 3. The first kappa shape index (κ1) is 19.3. The number of hydrogen-bond donors (Lipinski definition) is 2. The van der Waals surface area contributed by atoms with Crippen LogP contribution in [0, 0.1) is 6.92 Å². The van der Waals surface area contributed by atoms with Crippen LogP contribution in [0.1, 0.15) is 11.1 Å². The number of hydrogen-bond acceptors (Lipinski definition) is 6. The van der Waals surface area contributed by atoms with E-state index in [1.165, 1.54) is 17.3 Å². The predicted molar refractivity (Wildman–Crippen MR) is 105 cm³/mol. The smallest absolute Gasteiger partial charge is 0.408 e. The van der Waals surface area contributed by atoms with Gasteiger partial charge in [0.25, 0.3) is 0 Å². The van der Waals surface area contributed by atoms with Gasteiger partial charge in [0.2, 0.25) is 0 Å². The number of nitrogens with one attached hydrogen (secondary N) is 1. The summed E-state index contributed by atoms with van der Waals surface area (Å²) in [6.07, 6.45) is -2.72. The molecule has 0 unspecified atom stereocenters. The Labute approximate surface area is 168 Å². The van der Waals surface area contributed by atoms with Gasteiger partial charge in [-0.05, 0) is 24.6 Å². The van der Waals surface area contributed by atoms with Gasteiger partial charge >= 0.3 is 6.09 Å². The first-order valence-corrected chi connectivity index (χ1v) is 10.1. The van der Waals surface area contributed by atoms with Gasteiger partial charge in [0, 0.05) is 4.90 Å². The van der Waals surface area contributed by atoms with Crippen LogP contribution in [-0.2, 0) is 20.8 Å². The molecule has 2 aromatic rings. The Hall–Kier alpha value is -2.06. The molecular formula is C21H23NO5S. The van der Waals surface area contributed by atoms with Crippen LogP contribution in [0.2, 0.25) is 0 Å². The summed E-state index contributed by atoms with van der Waals surface area (Å²) in [6, 6.07) is 17.5. The van der Waals surface area contributed by atoms with Crippen LogP contribution < -0.4 is 5.32 Å². The van der Waals surface area contributed by atoms with Gasteiger partial charge in [-0.2, -0.15) is 0 Å². The number of alkyl carbamates (subject to hydrolysis) is 1. The topological polar surface area (TPSA) is 77.0 Å². The average molecular weight is 401 g/mol. The highest BCUT2D eigenvalue weighted by Gasteiger charge is 2.52. The molecule has 5 atom stereocenters. The summed E-state index contributed by atoms with van der Waals surface area (Å²) in [5, 5.41) is 13.4. The maximum Gasteiger partial charge on any atom is 0.408 e. The van der Waals surface area contributed by atoms with Crippen molar-refractivity contribution in [1.29, 1.82) is 0 Å². The molecule has 2 aromatic carbocycles. The fraction of sp³-hybridized carbons (Fsp3) is 0.381. The van der Waals surface area contributed by atoms with E-state index in [1.807, 2.05) is 61.5 Å². The first-order valence-electron chi connectivity index (χ1n) is 9.26. The second kappa shape index (κ2) is 8.53. The van der Waals surface area contributed by atoms with Gasteiger partial charge < -0.3 is 24.6 Å². The monoisotopic (exact) mass is 401 g/mol. The normalized spacial score (nSPS) is 29.1. The molecule has 4 rings (SSSR count). The van der Waals surface area contributed by atoms with Crippen molar-refractivity contribution >= 4 is 17.9 Å². The zero-order valence-electron chi connectivity index (χ0n) is 15.5. The third-order valence-corrected chi connectivity index (χ3v) is 6.05. The second-order valence-corrected chi connectivity index (χ2v) is 8.18. The van der Waals surface area contributed by atoms with E-state index >= 15 is 0 Å². The molecule has 2 aliphatic heterocycles. The zero-order chi connectivity index (χ0) is 19.5. The number of carbonyl (C=O) groups is 1. The van der Waals surface area contributed by atoms with E-state index in [0.717, 1.165) is 10.5 Å². The number of amides is 1. The molecule has 2 aliphatic rings. The van der Waals surface area contributed by atoms with Gasteiger partial charge in [-0.25, -0.2) is 4.79 Å². The summed E-state index contributed by atoms with van der Waals surface area (Å²) in [5.41, 5.74) is 1.84. The van der Waals surface area contributed by atoms with Gasteiger partial charge in [-0.3, -0.25) is 0 Å². The zero-order valence-corrected chi connectivity index (χ0v) is 16.3. The highest BCUT2D eigenvalue weighted by Crippen LogP contribution is 2.36. The van der Waals surface area contributed by atoms with Gasteiger partial charge in [-0.15, -0.1) is 0 Å². The molecule has 2 N–H and O–H groups in total. The minimum atomic E-state index is -0.949. The molecule has 28 heavy (non-hydrogen) atoms. The lowest BCUT2D eigenvalue weighted by Gasteiger charge is -2.39. The summed E-state index contributed by atoms with van der Waals surface area (Å²) < 4.78 is 17.2. The molecule has 0 saturated carbocycles. The maximum absolute atomic E-state index is 11.8. The van der Waals surface area contributed by atoms with Gasteiger partial charge in [0.1, 0.15) is 23.7 Å². The predicted octanol–water partition coefficient (Wildman–Crippen LogP) is 2.87. The van der Waals surface area contributed by atoms with Gasteiger partial charge in [-0.1, -0.05) is 59.8 Å². The third kappa shape index (κ3) is 4.33. The molecule has 1 amide bonds. The molecule has 7 heteroatoms. The second-order valence-electron chi connectivity index (χ2n) is 7.01. The van der Waals surface area contributed by atoms with Crippen LogP contribution in [0.25, 0.3) is 0 Å². The largest absolute Gasteiger partial charge is 0.441 e. The lowest BCUT2D eigenvalue weighted by atomic mass is 9.99. The Balaban J connectivity index is 1.43. The molecule has 148 valence electrons. The van der Waals surface area contributed by atoms with E-state index in [0.29, 0.717) is 6.61 Å². The van der Waals surface area contributed by atoms with Crippen molar-refractivity contribution in [2.24, 2.45) is 0 Å². The number of fused-ring (bicyclic) bond motifs is 1. The fourth-order valence-electron chi connectivity index (χ4n) is 3.36. The van der Waals surface area contributed by atoms with Crippen molar-refractivity contribution in [3.63, 3.8) is 0 Å². The third-order valence-electron chi connectivity index (χ3n) is 4.87. The van der Waals surface area contributed by atoms with E-state index in [-0.39, 0.29) is 12.0 Å². The van der Waals surface area contributed by atoms with Crippen molar-refractivity contribution in [3.8, 4) is 0 Å². The fourth-order valence-corrected chi connectivity index (χ4v) is 4.49. The van der Waals surface area contributed by atoms with Crippen LogP contribution in [-0.4, -0.2) is 47.6 Å². The lowest BCUT2D eigenvalue weighted by molar-refractivity contribution is -0.163. The molecule has 2 heterocycles. The Bertz CT molecular complexity index is 800. The standard InChI is InChI=1S/C21H23NO5S/c1-13-7-9-15(10-8-13)28-20-17-19(27-21(24)22-17)18(23)16(26-20)12-25-11-14-5-3-2-4-6-14/h2-10,16-20,23H,11-12H2,1H3,(H,22,24)/t16-,17-,18-,19-,20+/m1/s1. The maximum atomic E-state index is 11.8. The SMILES string of the molecule is Cc1ccc(S[C@@H]2O[C@H](COCc3ccccc3)[C@@H](O)[C@@H]3OC(=O)N[C@H]32)cc1. The van der Waals surface area contributed by atoms with Crippen LogP contribution in [0.4, 0.5) is 4.79 Å². The first-order chi connectivity index (χ1) is 13.6. The number of thioether (sulfide) groups is 1. The Morgan fingerprint density at radius 1 is 1.14 bits per heavy atom. The van der Waals surface area contributed by atoms with Crippen LogP contribution in [0.3, 0.4) is 0 Å². The van der Waals surface area contributed by atoms with Crippen molar-refractivity contribution in [2.75, 3.05) is 6.61 Å². The van der Waals surface area contributed by atoms with Gasteiger partial charge in [0.15, 0.2) is 6.10 Å². The summed E-state index contributed by atoms with van der Waals surface area (Å²) >= 11 is 1.50. The van der Waals surface area contributed by atoms with Crippen LogP contribution in [0.5, 0.6) is 0 Å². The molecule has 0 spiro atoms. The number of aliphatic hydroxyl groups excluding tert-OH is 1. The summed E-state index contributed by atoms with van der Waals surface area (Å²) in [6.45, 7) is 2.67. The molecule has 0 aliphatic carbocycles. The quantitative estimate of drug-likeness (QED) is 0.775. The summed E-state index contributed by atoms with van der Waals surface area (Å²) in [7, 11) is 0. The molecule has 2 fully saturated rings. The Morgan fingerprint density at radius 3 is 2.64 bits per heavy atom. The number of aryl methyl sites for hydroxylation is 1. The van der Waals surface area contributed by atoms with Crippen molar-refractivity contribution in [2.45, 2.75) is 48.2 Å². The van der Waals surface area contributed by atoms with E-state index in [2.05, 4.69) is 5.32 Å². The molecule has 0 aromatic heterocycles. The number of rotatable bonds is 6. The molecule has 0 bridgehead atoms. The van der Waals surface area contributed by atoms with Crippen molar-refractivity contribution < 1.29 is 24.1 Å². The molecular weight excluding hydrogens is 378 g/mol. The van der Waals surface area contributed by atoms with Crippen LogP contribution in [0.15, 0.2) is 59.5 Å². The average Bonchev–Trinajstić information content (AvgIpc) is 3.10.